The summed E-state index contributed by atoms with van der Waals surface area (Å²) in [5, 5.41) is 18.1. The Morgan fingerprint density at radius 3 is 2.54 bits per heavy atom. The van der Waals surface area contributed by atoms with E-state index in [-0.39, 0.29) is 18.6 Å². The smallest absolute Gasteiger partial charge is 0.481 e. The predicted molar refractivity (Wildman–Crippen MR) is 106 cm³/mol. The van der Waals surface area contributed by atoms with Crippen molar-refractivity contribution in [3.63, 3.8) is 0 Å². The van der Waals surface area contributed by atoms with E-state index in [1.807, 2.05) is 13.8 Å². The van der Waals surface area contributed by atoms with Crippen LogP contribution in [0.2, 0.25) is 0 Å². The first-order chi connectivity index (χ1) is 13.3. The van der Waals surface area contributed by atoms with E-state index in [0.29, 0.717) is 12.8 Å². The number of rotatable bonds is 10. The summed E-state index contributed by atoms with van der Waals surface area (Å²) in [5.41, 5.74) is 5.35. The van der Waals surface area contributed by atoms with Gasteiger partial charge in [0.2, 0.25) is 6.16 Å². The lowest BCUT2D eigenvalue weighted by Crippen LogP contribution is -2.15. The Morgan fingerprint density at radius 1 is 1.21 bits per heavy atom. The number of carboxylic acids is 1. The van der Waals surface area contributed by atoms with Crippen molar-refractivity contribution < 1.29 is 28.5 Å². The summed E-state index contributed by atoms with van der Waals surface area (Å²) in [6.45, 7) is 4.28. The van der Waals surface area contributed by atoms with Crippen molar-refractivity contribution in [1.29, 1.82) is 0 Å². The molecule has 5 nitrogen and oxygen atoms in total. The van der Waals surface area contributed by atoms with E-state index in [4.69, 9.17) is 9.63 Å². The fourth-order valence-corrected chi connectivity index (χ4v) is 4.03. The molecule has 0 aliphatic carbocycles. The monoisotopic (exact) mass is 407 g/mol. The second kappa shape index (κ2) is 10.4. The van der Waals surface area contributed by atoms with Crippen LogP contribution >= 0.6 is 8.03 Å². The summed E-state index contributed by atoms with van der Waals surface area (Å²) < 4.78 is 30.3. The number of carboxylic acid groups (broad SMARTS) is 1. The van der Waals surface area contributed by atoms with Gasteiger partial charge in [-0.15, -0.1) is 4.52 Å². The zero-order chi connectivity index (χ0) is 20.7. The quantitative estimate of drug-likeness (QED) is 0.443. The molecule has 1 unspecified atom stereocenters. The molecule has 0 aromatic heterocycles. The number of benzene rings is 2. The van der Waals surface area contributed by atoms with Crippen LogP contribution in [0.1, 0.15) is 29.5 Å². The van der Waals surface area contributed by atoms with Gasteiger partial charge in [0.25, 0.3) is 0 Å². The van der Waals surface area contributed by atoms with E-state index < -0.39 is 26.5 Å². The Morgan fingerprint density at radius 2 is 1.89 bits per heavy atom. The first kappa shape index (κ1) is 22.2. The number of aliphatic carboxylic acids is 1. The Balaban J connectivity index is 1.98. The average molecular weight is 407 g/mol. The highest BCUT2D eigenvalue weighted by molar-refractivity contribution is 7.39. The molecule has 2 N–H and O–H groups in total. The lowest BCUT2D eigenvalue weighted by atomic mass is 9.91. The Labute approximate surface area is 165 Å². The van der Waals surface area contributed by atoms with Crippen LogP contribution in [0.25, 0.3) is 11.1 Å². The fourth-order valence-electron chi connectivity index (χ4n) is 3.12. The second-order valence-corrected chi connectivity index (χ2v) is 8.11. The van der Waals surface area contributed by atoms with Gasteiger partial charge in [-0.2, -0.15) is 0 Å². The summed E-state index contributed by atoms with van der Waals surface area (Å²) in [7, 11) is -2.10. The van der Waals surface area contributed by atoms with Crippen LogP contribution in [0.15, 0.2) is 36.4 Å². The van der Waals surface area contributed by atoms with Gasteiger partial charge in [-0.1, -0.05) is 29.8 Å². The first-order valence-electron chi connectivity index (χ1n) is 9.09. The second-order valence-electron chi connectivity index (χ2n) is 6.82. The van der Waals surface area contributed by atoms with Gasteiger partial charge in [-0.25, -0.2) is 4.39 Å². The molecule has 0 fully saturated rings. The largest absolute Gasteiger partial charge is 0.510 e. The molecule has 2 rings (SSSR count). The lowest BCUT2D eigenvalue weighted by molar-refractivity contribution is -0.138. The molecular formula is C21H25FO5P+. The molecule has 2 atom stereocenters. The zero-order valence-electron chi connectivity index (χ0n) is 16.0. The Kier molecular flexibility index (Phi) is 8.24. The summed E-state index contributed by atoms with van der Waals surface area (Å²) in [6.07, 6.45) is -0.501. The fraction of sp³-hybridized carbons (Fsp3) is 0.381. The maximum absolute atomic E-state index is 13.3. The number of halogens is 1. The van der Waals surface area contributed by atoms with Crippen molar-refractivity contribution in [2.75, 3.05) is 12.8 Å². The minimum atomic E-state index is -2.10. The minimum absolute atomic E-state index is 0.188. The molecule has 0 aliphatic heterocycles. The molecule has 0 saturated carbocycles. The highest BCUT2D eigenvalue weighted by Crippen LogP contribution is 2.30. The number of carbonyl (C=O) groups is 1. The van der Waals surface area contributed by atoms with Crippen molar-refractivity contribution in [3.8, 4) is 11.1 Å². The van der Waals surface area contributed by atoms with Gasteiger partial charge >= 0.3 is 14.0 Å². The Hall–Kier alpha value is -2.14. The van der Waals surface area contributed by atoms with Gasteiger partial charge in [-0.3, -0.25) is 4.79 Å². The molecule has 0 aliphatic rings. The third-order valence-corrected chi connectivity index (χ3v) is 5.54. The van der Waals surface area contributed by atoms with Crippen LogP contribution in [-0.2, 0) is 20.3 Å². The van der Waals surface area contributed by atoms with Gasteiger partial charge in [-0.05, 0) is 65.6 Å². The summed E-state index contributed by atoms with van der Waals surface area (Å²) >= 11 is 0. The van der Waals surface area contributed by atoms with Gasteiger partial charge < -0.3 is 10.2 Å². The van der Waals surface area contributed by atoms with Crippen LogP contribution in [0.3, 0.4) is 0 Å². The number of aliphatic hydroxyl groups is 1. The van der Waals surface area contributed by atoms with Crippen molar-refractivity contribution in [2.45, 2.75) is 39.2 Å². The molecule has 0 bridgehead atoms. The van der Waals surface area contributed by atoms with Gasteiger partial charge in [0, 0.05) is 0 Å². The zero-order valence-corrected chi connectivity index (χ0v) is 16.9. The molecule has 0 spiro atoms. The molecule has 0 radical (unpaired) electrons. The number of aliphatic hydroxyl groups excluding tert-OH is 1. The molecule has 0 saturated heterocycles. The van der Waals surface area contributed by atoms with Crippen molar-refractivity contribution in [1.82, 2.24) is 0 Å². The van der Waals surface area contributed by atoms with Crippen LogP contribution < -0.4 is 0 Å². The highest BCUT2D eigenvalue weighted by atomic mass is 31.1. The number of hydrogen-bond acceptors (Lipinski definition) is 4. The molecule has 150 valence electrons. The standard InChI is InChI=1S/C21H24FO5P/c1-14-10-15(2)19(20(11-14)16-5-7-17(22)8-6-16)4-3-9-27-28(26)13-18(23)12-21(24)25/h5-8,10-11,18,23H,3-4,9,12-13H2,1-2H3/p+1/t18-/m0/s1. The third kappa shape index (κ3) is 6.79. The van der Waals surface area contributed by atoms with E-state index in [1.54, 1.807) is 12.1 Å². The predicted octanol–water partition coefficient (Wildman–Crippen LogP) is 4.64. The van der Waals surface area contributed by atoms with Gasteiger partial charge in [0.15, 0.2) is 0 Å². The normalized spacial score (nSPS) is 12.6. The van der Waals surface area contributed by atoms with Crippen molar-refractivity contribution >= 4 is 14.0 Å². The molecule has 28 heavy (non-hydrogen) atoms. The molecule has 2 aromatic rings. The Bertz CT molecular complexity index is 835. The van der Waals surface area contributed by atoms with E-state index in [1.165, 1.54) is 12.1 Å². The van der Waals surface area contributed by atoms with Crippen LogP contribution in [-0.4, -0.2) is 35.1 Å². The van der Waals surface area contributed by atoms with E-state index in [2.05, 4.69) is 12.1 Å². The molecule has 0 amide bonds. The van der Waals surface area contributed by atoms with Crippen LogP contribution in [0, 0.1) is 19.7 Å². The van der Waals surface area contributed by atoms with E-state index in [0.717, 1.165) is 27.8 Å². The lowest BCUT2D eigenvalue weighted by Gasteiger charge is -2.14. The molecule has 7 heteroatoms. The van der Waals surface area contributed by atoms with Gasteiger partial charge in [0.05, 0.1) is 6.42 Å². The molecule has 2 aromatic carbocycles. The third-order valence-electron chi connectivity index (χ3n) is 4.35. The van der Waals surface area contributed by atoms with Crippen LogP contribution in [0.5, 0.6) is 0 Å². The summed E-state index contributed by atoms with van der Waals surface area (Å²) in [5.74, 6) is -1.42. The van der Waals surface area contributed by atoms with Crippen molar-refractivity contribution in [2.24, 2.45) is 0 Å². The number of hydrogen-bond donors (Lipinski definition) is 2. The molecular weight excluding hydrogens is 382 g/mol. The minimum Gasteiger partial charge on any atom is -0.481 e. The maximum atomic E-state index is 13.3. The highest BCUT2D eigenvalue weighted by Gasteiger charge is 2.25. The topological polar surface area (TPSA) is 83.8 Å². The SMILES string of the molecule is Cc1cc(C)c(CCCO[P+](=O)C[C@@H](O)CC(=O)O)c(-c2ccc(F)cc2)c1. The summed E-state index contributed by atoms with van der Waals surface area (Å²) in [4.78, 5) is 10.5. The van der Waals surface area contributed by atoms with E-state index in [9.17, 15) is 18.9 Å². The number of aryl methyl sites for hydroxylation is 2. The van der Waals surface area contributed by atoms with Crippen molar-refractivity contribution in [3.05, 3.63) is 58.9 Å². The maximum Gasteiger partial charge on any atom is 0.510 e. The average Bonchev–Trinajstić information content (AvgIpc) is 2.59. The first-order valence-corrected chi connectivity index (χ1v) is 10.5. The van der Waals surface area contributed by atoms with Gasteiger partial charge in [0.1, 0.15) is 18.5 Å². The molecule has 0 heterocycles. The van der Waals surface area contributed by atoms with Crippen LogP contribution in [0.4, 0.5) is 4.39 Å². The van der Waals surface area contributed by atoms with E-state index >= 15 is 0 Å². The summed E-state index contributed by atoms with van der Waals surface area (Å²) in [6, 6.07) is 10.5.